The average molecular weight is 441 g/mol. The van der Waals surface area contributed by atoms with E-state index < -0.39 is 0 Å². The molecule has 0 unspecified atom stereocenters. The fraction of sp³-hybridized carbons (Fsp3) is 0.107. The minimum Gasteiger partial charge on any atom is -0.481 e. The molecule has 0 aliphatic carbocycles. The highest BCUT2D eigenvalue weighted by atomic mass is 35.5. The fourth-order valence-electron chi connectivity index (χ4n) is 3.89. The largest absolute Gasteiger partial charge is 0.481 e. The normalized spacial score (nSPS) is 11.2. The molecule has 0 amide bonds. The van der Waals surface area contributed by atoms with Crippen LogP contribution in [-0.4, -0.2) is 0 Å². The van der Waals surface area contributed by atoms with Crippen LogP contribution in [0.25, 0.3) is 33.1 Å². The zero-order chi connectivity index (χ0) is 22.2. The molecule has 0 fully saturated rings. The first-order valence-corrected chi connectivity index (χ1v) is 10.8. The van der Waals surface area contributed by atoms with Crippen LogP contribution in [0.5, 0.6) is 5.75 Å². The molecule has 0 atom stereocenters. The maximum atomic E-state index is 13.5. The van der Waals surface area contributed by atoms with E-state index in [0.29, 0.717) is 21.8 Å². The molecule has 32 heavy (non-hydrogen) atoms. The number of ether oxygens (including phenoxy) is 1. The Kier molecular flexibility index (Phi) is 5.20. The number of benzene rings is 4. The molecular formula is C28H21ClO3. The van der Waals surface area contributed by atoms with Crippen molar-refractivity contribution in [3.05, 3.63) is 111 Å². The molecular weight excluding hydrogens is 420 g/mol. The van der Waals surface area contributed by atoms with E-state index in [2.05, 4.69) is 18.2 Å². The van der Waals surface area contributed by atoms with Gasteiger partial charge in [-0.05, 0) is 47.9 Å². The number of hydrogen-bond donors (Lipinski definition) is 0. The Morgan fingerprint density at radius 2 is 1.62 bits per heavy atom. The summed E-state index contributed by atoms with van der Waals surface area (Å²) in [5.41, 5.74) is 4.02. The van der Waals surface area contributed by atoms with Crippen LogP contribution in [0.4, 0.5) is 0 Å². The molecule has 4 aromatic carbocycles. The van der Waals surface area contributed by atoms with Crippen molar-refractivity contribution >= 4 is 33.3 Å². The Morgan fingerprint density at radius 3 is 2.44 bits per heavy atom. The summed E-state index contributed by atoms with van der Waals surface area (Å²) in [6, 6.07) is 25.5. The van der Waals surface area contributed by atoms with Crippen LogP contribution >= 0.6 is 11.6 Å². The van der Waals surface area contributed by atoms with Crippen molar-refractivity contribution in [2.45, 2.75) is 20.5 Å². The van der Waals surface area contributed by atoms with Crippen LogP contribution in [0.15, 0.2) is 88.1 Å². The number of hydrogen-bond acceptors (Lipinski definition) is 3. The van der Waals surface area contributed by atoms with Gasteiger partial charge in [-0.25, -0.2) is 0 Å². The Morgan fingerprint density at radius 1 is 0.875 bits per heavy atom. The van der Waals surface area contributed by atoms with Crippen molar-refractivity contribution in [1.82, 2.24) is 0 Å². The van der Waals surface area contributed by atoms with Crippen LogP contribution < -0.4 is 10.2 Å². The third-order valence-corrected chi connectivity index (χ3v) is 6.10. The van der Waals surface area contributed by atoms with Crippen molar-refractivity contribution in [2.24, 2.45) is 0 Å². The van der Waals surface area contributed by atoms with Gasteiger partial charge in [0.05, 0.1) is 5.39 Å². The molecule has 5 aromatic rings. The van der Waals surface area contributed by atoms with Crippen LogP contribution in [0.2, 0.25) is 5.02 Å². The quantitative estimate of drug-likeness (QED) is 0.291. The summed E-state index contributed by atoms with van der Waals surface area (Å²) in [6.45, 7) is 4.15. The SMILES string of the molecule is Cc1ccc(-c2oc3cc(C)c(Cl)cc3c(=O)c2OCc2cccc3ccccc23)cc1. The summed E-state index contributed by atoms with van der Waals surface area (Å²) in [5.74, 6) is 0.610. The molecule has 0 N–H and O–H groups in total. The molecule has 0 saturated carbocycles. The molecule has 0 spiro atoms. The van der Waals surface area contributed by atoms with Gasteiger partial charge in [-0.3, -0.25) is 4.79 Å². The Balaban J connectivity index is 1.66. The zero-order valence-electron chi connectivity index (χ0n) is 17.8. The highest BCUT2D eigenvalue weighted by Gasteiger charge is 2.19. The van der Waals surface area contributed by atoms with Crippen LogP contribution in [0.1, 0.15) is 16.7 Å². The summed E-state index contributed by atoms with van der Waals surface area (Å²) in [6.07, 6.45) is 0. The summed E-state index contributed by atoms with van der Waals surface area (Å²) < 4.78 is 12.4. The number of fused-ring (bicyclic) bond motifs is 2. The topological polar surface area (TPSA) is 39.4 Å². The van der Waals surface area contributed by atoms with E-state index in [1.807, 2.05) is 62.4 Å². The van der Waals surface area contributed by atoms with Gasteiger partial charge in [0.25, 0.3) is 0 Å². The molecule has 158 valence electrons. The Hall–Kier alpha value is -3.56. The lowest BCUT2D eigenvalue weighted by molar-refractivity contribution is 0.299. The molecule has 0 aliphatic heterocycles. The van der Waals surface area contributed by atoms with Crippen LogP contribution in [-0.2, 0) is 6.61 Å². The molecule has 5 rings (SSSR count). The molecule has 1 heterocycles. The lowest BCUT2D eigenvalue weighted by Gasteiger charge is -2.14. The highest BCUT2D eigenvalue weighted by Crippen LogP contribution is 2.33. The maximum absolute atomic E-state index is 13.5. The van der Waals surface area contributed by atoms with Crippen LogP contribution in [0.3, 0.4) is 0 Å². The van der Waals surface area contributed by atoms with E-state index in [-0.39, 0.29) is 17.8 Å². The van der Waals surface area contributed by atoms with Gasteiger partial charge in [-0.15, -0.1) is 0 Å². The van der Waals surface area contributed by atoms with Gasteiger partial charge in [-0.2, -0.15) is 0 Å². The number of rotatable bonds is 4. The van der Waals surface area contributed by atoms with E-state index in [4.69, 9.17) is 20.8 Å². The summed E-state index contributed by atoms with van der Waals surface area (Å²) in [4.78, 5) is 13.5. The van der Waals surface area contributed by atoms with Gasteiger partial charge in [0.15, 0.2) is 5.76 Å². The monoisotopic (exact) mass is 440 g/mol. The zero-order valence-corrected chi connectivity index (χ0v) is 18.6. The van der Waals surface area contributed by atoms with E-state index in [1.54, 1.807) is 12.1 Å². The molecule has 1 aromatic heterocycles. The van der Waals surface area contributed by atoms with E-state index in [1.165, 1.54) is 0 Å². The minimum atomic E-state index is -0.232. The van der Waals surface area contributed by atoms with Gasteiger partial charge in [0.2, 0.25) is 11.2 Å². The lowest BCUT2D eigenvalue weighted by Crippen LogP contribution is -2.10. The van der Waals surface area contributed by atoms with Gasteiger partial charge in [0, 0.05) is 10.6 Å². The first-order chi connectivity index (χ1) is 15.5. The van der Waals surface area contributed by atoms with E-state index >= 15 is 0 Å². The van der Waals surface area contributed by atoms with Crippen LogP contribution in [0, 0.1) is 13.8 Å². The Labute approximate surface area is 190 Å². The van der Waals surface area contributed by atoms with Gasteiger partial charge < -0.3 is 9.15 Å². The molecule has 4 heteroatoms. The van der Waals surface area contributed by atoms with Crippen molar-refractivity contribution in [1.29, 1.82) is 0 Å². The predicted octanol–water partition coefficient (Wildman–Crippen LogP) is 7.46. The molecule has 0 radical (unpaired) electrons. The summed E-state index contributed by atoms with van der Waals surface area (Å²) in [5, 5.41) is 3.15. The van der Waals surface area contributed by atoms with E-state index in [9.17, 15) is 4.79 Å². The molecule has 0 aliphatic rings. The third kappa shape index (κ3) is 3.65. The summed E-state index contributed by atoms with van der Waals surface area (Å²) >= 11 is 6.30. The second-order valence-corrected chi connectivity index (χ2v) is 8.39. The second-order valence-electron chi connectivity index (χ2n) is 7.98. The number of halogens is 1. The van der Waals surface area contributed by atoms with E-state index in [0.717, 1.165) is 33.0 Å². The van der Waals surface area contributed by atoms with Crippen molar-refractivity contribution in [2.75, 3.05) is 0 Å². The molecule has 3 nitrogen and oxygen atoms in total. The number of aryl methyl sites for hydroxylation is 2. The first-order valence-electron chi connectivity index (χ1n) is 10.4. The standard InChI is InChI=1S/C28H21ClO3/c1-17-10-12-20(13-11-17)27-28(26(30)23-15-24(29)18(2)14-25(23)32-27)31-16-21-8-5-7-19-6-3-4-9-22(19)21/h3-15H,16H2,1-2H3. The maximum Gasteiger partial charge on any atom is 0.235 e. The van der Waals surface area contributed by atoms with Crippen molar-refractivity contribution in [3.63, 3.8) is 0 Å². The van der Waals surface area contributed by atoms with Crippen molar-refractivity contribution in [3.8, 4) is 17.1 Å². The molecule has 0 bridgehead atoms. The Bertz CT molecular complexity index is 1510. The lowest BCUT2D eigenvalue weighted by atomic mass is 10.1. The van der Waals surface area contributed by atoms with Gasteiger partial charge in [-0.1, -0.05) is 83.9 Å². The third-order valence-electron chi connectivity index (χ3n) is 5.70. The second kappa shape index (κ2) is 8.18. The average Bonchev–Trinajstić information content (AvgIpc) is 2.80. The predicted molar refractivity (Wildman–Crippen MR) is 131 cm³/mol. The van der Waals surface area contributed by atoms with Gasteiger partial charge in [0.1, 0.15) is 12.2 Å². The summed E-state index contributed by atoms with van der Waals surface area (Å²) in [7, 11) is 0. The van der Waals surface area contributed by atoms with Gasteiger partial charge >= 0.3 is 0 Å². The first kappa shape index (κ1) is 20.3. The smallest absolute Gasteiger partial charge is 0.235 e. The fourth-order valence-corrected chi connectivity index (χ4v) is 4.06. The minimum absolute atomic E-state index is 0.189. The molecule has 0 saturated heterocycles. The van der Waals surface area contributed by atoms with Crippen molar-refractivity contribution < 1.29 is 9.15 Å². The highest BCUT2D eigenvalue weighted by molar-refractivity contribution is 6.32.